The van der Waals surface area contributed by atoms with Gasteiger partial charge in [0.15, 0.2) is 0 Å². The number of carbonyl (C=O) groups is 1. The van der Waals surface area contributed by atoms with Crippen molar-refractivity contribution >= 4 is 11.6 Å². The van der Waals surface area contributed by atoms with E-state index < -0.39 is 0 Å². The van der Waals surface area contributed by atoms with Crippen molar-refractivity contribution in [2.45, 2.75) is 6.92 Å². The molecule has 116 valence electrons. The van der Waals surface area contributed by atoms with Crippen LogP contribution in [0, 0.1) is 5.92 Å². The second kappa shape index (κ2) is 7.43. The van der Waals surface area contributed by atoms with E-state index in [9.17, 15) is 4.79 Å². The van der Waals surface area contributed by atoms with Crippen molar-refractivity contribution in [3.05, 3.63) is 29.8 Å². The van der Waals surface area contributed by atoms with Crippen LogP contribution in [0.5, 0.6) is 0 Å². The predicted octanol–water partition coefficient (Wildman–Crippen LogP) is 0.882. The molecule has 0 aliphatic carbocycles. The molecule has 5 nitrogen and oxygen atoms in total. The number of hydrogen-bond donors (Lipinski definition) is 2. The first-order valence-corrected chi connectivity index (χ1v) is 7.59. The summed E-state index contributed by atoms with van der Waals surface area (Å²) in [4.78, 5) is 16.9. The minimum atomic E-state index is -0.0486. The minimum absolute atomic E-state index is 0.0486. The minimum Gasteiger partial charge on any atom is -0.399 e. The van der Waals surface area contributed by atoms with Gasteiger partial charge in [-0.05, 0) is 31.2 Å². The van der Waals surface area contributed by atoms with Gasteiger partial charge in [-0.1, -0.05) is 13.0 Å². The van der Waals surface area contributed by atoms with E-state index in [1.54, 1.807) is 24.3 Å². The zero-order valence-corrected chi connectivity index (χ0v) is 13.0. The molecule has 3 N–H and O–H groups in total. The van der Waals surface area contributed by atoms with E-state index in [4.69, 9.17) is 5.73 Å². The Labute approximate surface area is 127 Å². The van der Waals surface area contributed by atoms with E-state index in [1.807, 2.05) is 0 Å². The number of carbonyl (C=O) groups excluding carboxylic acids is 1. The van der Waals surface area contributed by atoms with Crippen LogP contribution in [0.1, 0.15) is 17.3 Å². The van der Waals surface area contributed by atoms with Gasteiger partial charge in [0.1, 0.15) is 0 Å². The first-order valence-electron chi connectivity index (χ1n) is 7.59. The van der Waals surface area contributed by atoms with Crippen LogP contribution in [0.15, 0.2) is 24.3 Å². The molecule has 1 heterocycles. The molecule has 5 heteroatoms. The third-order valence-corrected chi connectivity index (χ3v) is 3.93. The molecule has 0 radical (unpaired) electrons. The highest BCUT2D eigenvalue weighted by Crippen LogP contribution is 2.07. The average molecular weight is 290 g/mol. The van der Waals surface area contributed by atoms with Crippen molar-refractivity contribution in [2.24, 2.45) is 5.92 Å². The van der Waals surface area contributed by atoms with Gasteiger partial charge in [-0.2, -0.15) is 0 Å². The van der Waals surface area contributed by atoms with Gasteiger partial charge in [-0.15, -0.1) is 0 Å². The summed E-state index contributed by atoms with van der Waals surface area (Å²) >= 11 is 0. The second-order valence-electron chi connectivity index (χ2n) is 6.04. The quantitative estimate of drug-likeness (QED) is 0.790. The normalized spacial score (nSPS) is 18.4. The lowest BCUT2D eigenvalue weighted by Crippen LogP contribution is -2.46. The topological polar surface area (TPSA) is 61.6 Å². The standard InChI is InChI=1S/C16H26N4O/c1-13(12-20-8-6-19(2)7-9-20)11-18-16(21)14-4-3-5-15(17)10-14/h3-5,10,13H,6-9,11-12,17H2,1-2H3,(H,18,21). The van der Waals surface area contributed by atoms with E-state index >= 15 is 0 Å². The summed E-state index contributed by atoms with van der Waals surface area (Å²) in [5.41, 5.74) is 6.94. The Bertz CT molecular complexity index is 469. The molecule has 1 amide bonds. The molecule has 0 aromatic heterocycles. The van der Waals surface area contributed by atoms with Gasteiger partial charge < -0.3 is 20.9 Å². The predicted molar refractivity (Wildman–Crippen MR) is 86.3 cm³/mol. The number of likely N-dealkylation sites (N-methyl/N-ethyl adjacent to an activating group) is 1. The van der Waals surface area contributed by atoms with Gasteiger partial charge in [0.2, 0.25) is 0 Å². The molecule has 0 saturated carbocycles. The van der Waals surface area contributed by atoms with Gasteiger partial charge in [0.25, 0.3) is 5.91 Å². The lowest BCUT2D eigenvalue weighted by atomic mass is 10.1. The van der Waals surface area contributed by atoms with Gasteiger partial charge in [-0.25, -0.2) is 0 Å². The highest BCUT2D eigenvalue weighted by molar-refractivity contribution is 5.94. The Hall–Kier alpha value is -1.59. The Morgan fingerprint density at radius 3 is 2.71 bits per heavy atom. The van der Waals surface area contributed by atoms with Crippen molar-refractivity contribution in [1.29, 1.82) is 0 Å². The Morgan fingerprint density at radius 1 is 1.33 bits per heavy atom. The summed E-state index contributed by atoms with van der Waals surface area (Å²) in [6.07, 6.45) is 0. The Morgan fingerprint density at radius 2 is 2.05 bits per heavy atom. The lowest BCUT2D eigenvalue weighted by molar-refractivity contribution is 0.0937. The fraction of sp³-hybridized carbons (Fsp3) is 0.562. The van der Waals surface area contributed by atoms with E-state index in [-0.39, 0.29) is 5.91 Å². The van der Waals surface area contributed by atoms with Gasteiger partial charge in [0.05, 0.1) is 0 Å². The number of nitrogen functional groups attached to an aromatic ring is 1. The van der Waals surface area contributed by atoms with Crippen LogP contribution in [0.25, 0.3) is 0 Å². The van der Waals surface area contributed by atoms with Gasteiger partial charge >= 0.3 is 0 Å². The number of amides is 1. The van der Waals surface area contributed by atoms with Gasteiger partial charge in [-0.3, -0.25) is 4.79 Å². The first-order chi connectivity index (χ1) is 10.0. The number of nitrogens with one attached hydrogen (secondary N) is 1. The fourth-order valence-corrected chi connectivity index (χ4v) is 2.58. The highest BCUT2D eigenvalue weighted by atomic mass is 16.1. The monoisotopic (exact) mass is 290 g/mol. The lowest BCUT2D eigenvalue weighted by Gasteiger charge is -2.33. The maximum absolute atomic E-state index is 12.0. The van der Waals surface area contributed by atoms with Crippen molar-refractivity contribution in [1.82, 2.24) is 15.1 Å². The Kier molecular flexibility index (Phi) is 5.59. The number of nitrogens with two attached hydrogens (primary N) is 1. The average Bonchev–Trinajstić information content (AvgIpc) is 2.47. The maximum Gasteiger partial charge on any atom is 0.251 e. The van der Waals surface area contributed by atoms with Crippen molar-refractivity contribution in [2.75, 3.05) is 52.0 Å². The molecule has 1 aliphatic heterocycles. The van der Waals surface area contributed by atoms with Crippen LogP contribution in [0.4, 0.5) is 5.69 Å². The number of hydrogen-bond acceptors (Lipinski definition) is 4. The van der Waals surface area contributed by atoms with Crippen molar-refractivity contribution in [3.63, 3.8) is 0 Å². The number of nitrogens with zero attached hydrogens (tertiary/aromatic N) is 2. The Balaban J connectivity index is 1.73. The molecular weight excluding hydrogens is 264 g/mol. The SMILES string of the molecule is CC(CNC(=O)c1cccc(N)c1)CN1CCN(C)CC1. The molecule has 1 aromatic carbocycles. The molecule has 1 atom stereocenters. The number of benzene rings is 1. The summed E-state index contributed by atoms with van der Waals surface area (Å²) in [7, 11) is 2.16. The van der Waals surface area contributed by atoms with Crippen LogP contribution >= 0.6 is 0 Å². The molecule has 0 spiro atoms. The second-order valence-corrected chi connectivity index (χ2v) is 6.04. The first kappa shape index (κ1) is 15.8. The summed E-state index contributed by atoms with van der Waals surface area (Å²) in [5, 5.41) is 2.99. The highest BCUT2D eigenvalue weighted by Gasteiger charge is 2.16. The van der Waals surface area contributed by atoms with Gasteiger partial charge in [0, 0.05) is 50.5 Å². The summed E-state index contributed by atoms with van der Waals surface area (Å²) in [6.45, 7) is 8.39. The molecule has 0 bridgehead atoms. The number of anilines is 1. The molecule has 1 aliphatic rings. The largest absolute Gasteiger partial charge is 0.399 e. The van der Waals surface area contributed by atoms with Crippen LogP contribution in [-0.2, 0) is 0 Å². The molecule has 21 heavy (non-hydrogen) atoms. The molecule has 1 fully saturated rings. The van der Waals surface area contributed by atoms with Crippen molar-refractivity contribution in [3.8, 4) is 0 Å². The van der Waals surface area contributed by atoms with E-state index in [1.165, 1.54) is 0 Å². The molecule has 2 rings (SSSR count). The van der Waals surface area contributed by atoms with Crippen molar-refractivity contribution < 1.29 is 4.79 Å². The smallest absolute Gasteiger partial charge is 0.251 e. The molecule has 1 saturated heterocycles. The van der Waals surface area contributed by atoms with E-state index in [0.717, 1.165) is 32.7 Å². The molecule has 1 aromatic rings. The van der Waals surface area contributed by atoms with Crippen LogP contribution in [0.2, 0.25) is 0 Å². The zero-order valence-electron chi connectivity index (χ0n) is 13.0. The third-order valence-electron chi connectivity index (χ3n) is 3.93. The maximum atomic E-state index is 12.0. The zero-order chi connectivity index (χ0) is 15.2. The van der Waals surface area contributed by atoms with E-state index in [2.05, 4.69) is 29.1 Å². The van der Waals surface area contributed by atoms with E-state index in [0.29, 0.717) is 23.7 Å². The number of piperazine rings is 1. The fourth-order valence-electron chi connectivity index (χ4n) is 2.58. The summed E-state index contributed by atoms with van der Waals surface area (Å²) in [5.74, 6) is 0.394. The third kappa shape index (κ3) is 5.02. The summed E-state index contributed by atoms with van der Waals surface area (Å²) < 4.78 is 0. The number of rotatable bonds is 5. The van der Waals surface area contributed by atoms with Crippen LogP contribution < -0.4 is 11.1 Å². The summed E-state index contributed by atoms with van der Waals surface area (Å²) in [6, 6.07) is 7.09. The van der Waals surface area contributed by atoms with Crippen LogP contribution in [-0.4, -0.2) is 62.0 Å². The molecular formula is C16H26N4O. The van der Waals surface area contributed by atoms with Crippen LogP contribution in [0.3, 0.4) is 0 Å². The molecule has 1 unspecified atom stereocenters.